The molecule has 0 unspecified atom stereocenters. The number of rotatable bonds is 5. The number of fused-ring (bicyclic) bond motifs is 1. The van der Waals surface area contributed by atoms with Gasteiger partial charge in [0.2, 0.25) is 5.88 Å². The molecule has 8 heteroatoms. The van der Waals surface area contributed by atoms with Crippen molar-refractivity contribution in [2.24, 2.45) is 0 Å². The van der Waals surface area contributed by atoms with Crippen molar-refractivity contribution in [3.05, 3.63) is 34.6 Å². The van der Waals surface area contributed by atoms with Gasteiger partial charge in [-0.1, -0.05) is 12.8 Å². The molecule has 0 aromatic carbocycles. The molecule has 4 rings (SSSR count). The van der Waals surface area contributed by atoms with Crippen molar-refractivity contribution in [3.63, 3.8) is 0 Å². The minimum absolute atomic E-state index is 0.0408. The first-order chi connectivity index (χ1) is 13.5. The molecular weight excluding hydrogens is 358 g/mol. The minimum atomic E-state index is -0.363. The second-order valence-electron chi connectivity index (χ2n) is 7.36. The Morgan fingerprint density at radius 1 is 1.36 bits per heavy atom. The van der Waals surface area contributed by atoms with Crippen LogP contribution >= 0.6 is 0 Å². The molecule has 2 amide bonds. The summed E-state index contributed by atoms with van der Waals surface area (Å²) in [5.74, 6) is 0.463. The summed E-state index contributed by atoms with van der Waals surface area (Å²) in [6, 6.07) is 1.89. The summed E-state index contributed by atoms with van der Waals surface area (Å²) in [7, 11) is 1.48. The fraction of sp³-hybridized carbons (Fsp3) is 0.500. The Morgan fingerprint density at radius 2 is 2.11 bits per heavy atom. The third kappa shape index (κ3) is 3.02. The Hall–Kier alpha value is -2.90. The van der Waals surface area contributed by atoms with E-state index in [9.17, 15) is 9.59 Å². The number of aryl methyl sites for hydroxylation is 2. The number of nitrogens with one attached hydrogen (secondary N) is 1. The van der Waals surface area contributed by atoms with Crippen molar-refractivity contribution in [3.8, 4) is 5.88 Å². The second-order valence-corrected chi connectivity index (χ2v) is 7.36. The van der Waals surface area contributed by atoms with Crippen LogP contribution in [0.2, 0.25) is 0 Å². The number of nitrogens with zero attached hydrogens (tertiary/aromatic N) is 4. The highest BCUT2D eigenvalue weighted by molar-refractivity contribution is 6.08. The molecule has 0 atom stereocenters. The monoisotopic (exact) mass is 383 g/mol. The van der Waals surface area contributed by atoms with Crippen molar-refractivity contribution in [1.29, 1.82) is 0 Å². The molecular formula is C20H25N5O3. The lowest BCUT2D eigenvalue weighted by molar-refractivity contribution is 0.0706. The van der Waals surface area contributed by atoms with Crippen LogP contribution in [0, 0.1) is 6.92 Å². The average Bonchev–Trinajstić information content (AvgIpc) is 3.41. The van der Waals surface area contributed by atoms with E-state index in [0.717, 1.165) is 31.2 Å². The van der Waals surface area contributed by atoms with Gasteiger partial charge in [-0.2, -0.15) is 5.10 Å². The zero-order chi connectivity index (χ0) is 19.8. The van der Waals surface area contributed by atoms with E-state index in [4.69, 9.17) is 4.74 Å². The molecule has 3 heterocycles. The normalized spacial score (nSPS) is 16.5. The van der Waals surface area contributed by atoms with Crippen LogP contribution in [0.5, 0.6) is 5.88 Å². The van der Waals surface area contributed by atoms with Gasteiger partial charge < -0.3 is 15.0 Å². The van der Waals surface area contributed by atoms with Crippen molar-refractivity contribution < 1.29 is 14.3 Å². The first kappa shape index (κ1) is 18.5. The van der Waals surface area contributed by atoms with E-state index in [0.29, 0.717) is 30.2 Å². The maximum Gasteiger partial charge on any atom is 0.262 e. The van der Waals surface area contributed by atoms with Crippen molar-refractivity contribution in [2.75, 3.05) is 12.4 Å². The van der Waals surface area contributed by atoms with Crippen LogP contribution in [0.15, 0.2) is 12.3 Å². The number of methoxy groups -OCH3 is 1. The predicted octanol–water partition coefficient (Wildman–Crippen LogP) is 2.77. The molecule has 2 aromatic rings. The van der Waals surface area contributed by atoms with Crippen LogP contribution in [0.1, 0.15) is 64.6 Å². The zero-order valence-corrected chi connectivity index (χ0v) is 16.5. The summed E-state index contributed by atoms with van der Waals surface area (Å²) < 4.78 is 7.09. The SMILES string of the molecule is CCn1ncc(C)c1NC(=O)c1cc2c(nc1OC)CN(C1CCCC1)C2=O. The number of carbonyl (C=O) groups excluding carboxylic acids is 2. The van der Waals surface area contributed by atoms with E-state index in [-0.39, 0.29) is 29.3 Å². The van der Waals surface area contributed by atoms with Crippen molar-refractivity contribution in [2.45, 2.75) is 58.7 Å². The van der Waals surface area contributed by atoms with Crippen LogP contribution in [0.3, 0.4) is 0 Å². The van der Waals surface area contributed by atoms with Gasteiger partial charge in [0.15, 0.2) is 0 Å². The van der Waals surface area contributed by atoms with Gasteiger partial charge in [0.05, 0.1) is 31.1 Å². The lowest BCUT2D eigenvalue weighted by Gasteiger charge is -2.22. The summed E-state index contributed by atoms with van der Waals surface area (Å²) in [6.45, 7) is 4.96. The Kier molecular flexibility index (Phi) is 4.78. The number of amides is 2. The number of pyridine rings is 1. The summed E-state index contributed by atoms with van der Waals surface area (Å²) in [5, 5.41) is 7.13. The molecule has 2 aliphatic rings. The Bertz CT molecular complexity index is 930. The molecule has 0 spiro atoms. The van der Waals surface area contributed by atoms with E-state index in [2.05, 4.69) is 15.4 Å². The standard InChI is InChI=1S/C20H25N5O3/c1-4-25-17(12(2)10-21-25)23-18(26)15-9-14-16(22-19(15)28-3)11-24(20(14)27)13-7-5-6-8-13/h9-10,13H,4-8,11H2,1-3H3,(H,23,26). The Labute approximate surface area is 163 Å². The fourth-order valence-corrected chi connectivity index (χ4v) is 4.11. The smallest absolute Gasteiger partial charge is 0.262 e. The number of ether oxygens (including phenoxy) is 1. The van der Waals surface area contributed by atoms with Crippen LogP contribution in [0.25, 0.3) is 0 Å². The van der Waals surface area contributed by atoms with Gasteiger partial charge >= 0.3 is 0 Å². The number of aromatic nitrogens is 3. The second kappa shape index (κ2) is 7.26. The van der Waals surface area contributed by atoms with Gasteiger partial charge in [0, 0.05) is 18.2 Å². The Balaban J connectivity index is 1.64. The van der Waals surface area contributed by atoms with Crippen LogP contribution in [-0.2, 0) is 13.1 Å². The van der Waals surface area contributed by atoms with Crippen LogP contribution in [-0.4, -0.2) is 44.6 Å². The lowest BCUT2D eigenvalue weighted by atomic mass is 10.1. The molecule has 0 bridgehead atoms. The summed E-state index contributed by atoms with van der Waals surface area (Å²) >= 11 is 0. The van der Waals surface area contributed by atoms with Gasteiger partial charge in [0.25, 0.3) is 11.8 Å². The molecule has 1 aliphatic carbocycles. The fourth-order valence-electron chi connectivity index (χ4n) is 4.11. The number of carbonyl (C=O) groups is 2. The van der Waals surface area contributed by atoms with Gasteiger partial charge in [-0.15, -0.1) is 0 Å². The number of anilines is 1. The maximum absolute atomic E-state index is 13.0. The molecule has 1 saturated carbocycles. The van der Waals surface area contributed by atoms with E-state index in [1.54, 1.807) is 16.9 Å². The minimum Gasteiger partial charge on any atom is -0.480 e. The van der Waals surface area contributed by atoms with Gasteiger partial charge in [-0.3, -0.25) is 9.59 Å². The highest BCUT2D eigenvalue weighted by atomic mass is 16.5. The molecule has 8 nitrogen and oxygen atoms in total. The van der Waals surface area contributed by atoms with Crippen molar-refractivity contribution >= 4 is 17.6 Å². The van der Waals surface area contributed by atoms with Crippen LogP contribution < -0.4 is 10.1 Å². The third-order valence-corrected chi connectivity index (χ3v) is 5.64. The largest absolute Gasteiger partial charge is 0.480 e. The first-order valence-electron chi connectivity index (χ1n) is 9.76. The summed E-state index contributed by atoms with van der Waals surface area (Å²) in [6.07, 6.45) is 6.08. The summed E-state index contributed by atoms with van der Waals surface area (Å²) in [5.41, 5.74) is 2.30. The number of hydrogen-bond acceptors (Lipinski definition) is 5. The summed E-state index contributed by atoms with van der Waals surface area (Å²) in [4.78, 5) is 32.3. The van der Waals surface area contributed by atoms with E-state index in [1.807, 2.05) is 18.7 Å². The average molecular weight is 383 g/mol. The predicted molar refractivity (Wildman–Crippen MR) is 104 cm³/mol. The van der Waals surface area contributed by atoms with Gasteiger partial charge in [0.1, 0.15) is 11.4 Å². The highest BCUT2D eigenvalue weighted by Crippen LogP contribution is 2.33. The Morgan fingerprint density at radius 3 is 2.79 bits per heavy atom. The molecule has 0 radical (unpaired) electrons. The third-order valence-electron chi connectivity index (χ3n) is 5.64. The molecule has 1 fully saturated rings. The number of hydrogen-bond donors (Lipinski definition) is 1. The maximum atomic E-state index is 13.0. The zero-order valence-electron chi connectivity index (χ0n) is 16.5. The molecule has 28 heavy (non-hydrogen) atoms. The lowest BCUT2D eigenvalue weighted by Crippen LogP contribution is -2.33. The van der Waals surface area contributed by atoms with Crippen molar-refractivity contribution in [1.82, 2.24) is 19.7 Å². The van der Waals surface area contributed by atoms with Crippen LogP contribution in [0.4, 0.5) is 5.82 Å². The van der Waals surface area contributed by atoms with Gasteiger partial charge in [-0.05, 0) is 32.8 Å². The quantitative estimate of drug-likeness (QED) is 0.858. The van der Waals surface area contributed by atoms with E-state index >= 15 is 0 Å². The molecule has 148 valence electrons. The van der Waals surface area contributed by atoms with E-state index in [1.165, 1.54) is 7.11 Å². The first-order valence-corrected chi connectivity index (χ1v) is 9.76. The van der Waals surface area contributed by atoms with Gasteiger partial charge in [-0.25, -0.2) is 9.67 Å². The molecule has 1 aliphatic heterocycles. The molecule has 2 aromatic heterocycles. The molecule has 0 saturated heterocycles. The molecule has 1 N–H and O–H groups in total. The van der Waals surface area contributed by atoms with E-state index < -0.39 is 0 Å². The highest BCUT2D eigenvalue weighted by Gasteiger charge is 2.36. The topological polar surface area (TPSA) is 89.3 Å².